The second-order valence-corrected chi connectivity index (χ2v) is 7.98. The number of pyridine rings is 1. The minimum atomic E-state index is -0.918. The minimum absolute atomic E-state index is 0.179. The number of anilines is 3. The normalized spacial score (nSPS) is 13.7. The highest BCUT2D eigenvalue weighted by Crippen LogP contribution is 2.21. The van der Waals surface area contributed by atoms with Crippen LogP contribution in [-0.4, -0.2) is 48.1 Å². The highest BCUT2D eigenvalue weighted by molar-refractivity contribution is 6.04. The first-order chi connectivity index (χ1) is 15.4. The lowest BCUT2D eigenvalue weighted by molar-refractivity contribution is 0.0696. The molecule has 0 unspecified atom stereocenters. The quantitative estimate of drug-likeness (QED) is 0.637. The van der Waals surface area contributed by atoms with Gasteiger partial charge in [-0.25, -0.2) is 9.78 Å². The number of nitrogens with one attached hydrogen (secondary N) is 1. The highest BCUT2D eigenvalue weighted by Gasteiger charge is 2.19. The average Bonchev–Trinajstić information content (AvgIpc) is 2.82. The van der Waals surface area contributed by atoms with Crippen LogP contribution >= 0.6 is 0 Å². The highest BCUT2D eigenvalue weighted by atomic mass is 16.4. The Morgan fingerprint density at radius 2 is 1.50 bits per heavy atom. The second kappa shape index (κ2) is 9.09. The Morgan fingerprint density at radius 3 is 2.09 bits per heavy atom. The summed E-state index contributed by atoms with van der Waals surface area (Å²) in [7, 11) is 0. The summed E-state index contributed by atoms with van der Waals surface area (Å²) in [5.41, 5.74) is 4.91. The second-order valence-electron chi connectivity index (χ2n) is 7.98. The van der Waals surface area contributed by atoms with E-state index in [1.807, 2.05) is 50.2 Å². The molecule has 0 bridgehead atoms. The molecule has 164 valence electrons. The Kier molecular flexibility index (Phi) is 6.07. The van der Waals surface area contributed by atoms with E-state index in [2.05, 4.69) is 20.1 Å². The van der Waals surface area contributed by atoms with E-state index in [-0.39, 0.29) is 5.91 Å². The number of carboxylic acid groups (broad SMARTS) is 1. The van der Waals surface area contributed by atoms with Gasteiger partial charge in [0.2, 0.25) is 0 Å². The minimum Gasteiger partial charge on any atom is -0.478 e. The number of aromatic nitrogens is 1. The molecular weight excluding hydrogens is 404 g/mol. The number of carboxylic acids is 1. The van der Waals surface area contributed by atoms with E-state index in [1.165, 1.54) is 5.56 Å². The Morgan fingerprint density at radius 1 is 0.844 bits per heavy atom. The molecule has 1 amide bonds. The summed E-state index contributed by atoms with van der Waals surface area (Å²) in [5.74, 6) is -0.255. The number of hydrogen-bond acceptors (Lipinski definition) is 5. The van der Waals surface area contributed by atoms with Gasteiger partial charge in [0.25, 0.3) is 5.91 Å². The summed E-state index contributed by atoms with van der Waals surface area (Å²) in [6, 6.07) is 16.5. The molecule has 1 saturated heterocycles. The molecule has 1 aliphatic rings. The van der Waals surface area contributed by atoms with Gasteiger partial charge >= 0.3 is 5.97 Å². The molecule has 0 saturated carbocycles. The first kappa shape index (κ1) is 21.4. The lowest BCUT2D eigenvalue weighted by Gasteiger charge is -2.36. The van der Waals surface area contributed by atoms with E-state index >= 15 is 0 Å². The number of nitrogens with zero attached hydrogens (tertiary/aromatic N) is 3. The summed E-state index contributed by atoms with van der Waals surface area (Å²) < 4.78 is 0. The number of hydrogen-bond donors (Lipinski definition) is 2. The molecule has 32 heavy (non-hydrogen) atoms. The molecular formula is C25H26N4O3. The molecule has 7 heteroatoms. The van der Waals surface area contributed by atoms with E-state index < -0.39 is 5.97 Å². The number of benzene rings is 2. The van der Waals surface area contributed by atoms with Gasteiger partial charge in [-0.15, -0.1) is 0 Å². The lowest BCUT2D eigenvalue weighted by atomic mass is 10.1. The topological polar surface area (TPSA) is 85.8 Å². The Balaban J connectivity index is 1.34. The maximum Gasteiger partial charge on any atom is 0.335 e. The van der Waals surface area contributed by atoms with E-state index in [9.17, 15) is 9.59 Å². The summed E-state index contributed by atoms with van der Waals surface area (Å²) >= 11 is 0. The maximum atomic E-state index is 12.6. The van der Waals surface area contributed by atoms with E-state index in [0.717, 1.165) is 48.9 Å². The van der Waals surface area contributed by atoms with Gasteiger partial charge in [-0.2, -0.15) is 0 Å². The Labute approximate surface area is 187 Å². The number of piperazine rings is 1. The monoisotopic (exact) mass is 430 g/mol. The molecule has 0 atom stereocenters. The molecule has 2 heterocycles. The van der Waals surface area contributed by atoms with E-state index in [4.69, 9.17) is 5.11 Å². The first-order valence-electron chi connectivity index (χ1n) is 10.6. The predicted octanol–water partition coefficient (Wildman–Crippen LogP) is 3.98. The van der Waals surface area contributed by atoms with Gasteiger partial charge in [-0.1, -0.05) is 6.07 Å². The van der Waals surface area contributed by atoms with Crippen LogP contribution < -0.4 is 15.1 Å². The zero-order valence-corrected chi connectivity index (χ0v) is 18.2. The van der Waals surface area contributed by atoms with Crippen molar-refractivity contribution in [1.82, 2.24) is 4.98 Å². The van der Waals surface area contributed by atoms with Crippen molar-refractivity contribution < 1.29 is 14.7 Å². The predicted molar refractivity (Wildman–Crippen MR) is 126 cm³/mol. The first-order valence-corrected chi connectivity index (χ1v) is 10.6. The molecule has 2 N–H and O–H groups in total. The lowest BCUT2D eigenvalue weighted by Crippen LogP contribution is -2.46. The fourth-order valence-electron chi connectivity index (χ4n) is 3.74. The molecule has 2 aromatic carbocycles. The van der Waals surface area contributed by atoms with E-state index in [1.54, 1.807) is 24.4 Å². The molecule has 4 rings (SSSR count). The number of aryl methyl sites for hydroxylation is 2. The summed E-state index contributed by atoms with van der Waals surface area (Å²) in [4.78, 5) is 32.5. The molecule has 0 spiro atoms. The van der Waals surface area contributed by atoms with Crippen LogP contribution in [0.25, 0.3) is 0 Å². The van der Waals surface area contributed by atoms with Crippen molar-refractivity contribution in [1.29, 1.82) is 0 Å². The number of carbonyl (C=O) groups excluding carboxylic acids is 1. The van der Waals surface area contributed by atoms with Crippen LogP contribution in [0.2, 0.25) is 0 Å². The van der Waals surface area contributed by atoms with Crippen LogP contribution in [0.3, 0.4) is 0 Å². The van der Waals surface area contributed by atoms with Crippen LogP contribution in [0.4, 0.5) is 17.2 Å². The molecule has 1 fully saturated rings. The fourth-order valence-corrected chi connectivity index (χ4v) is 3.74. The van der Waals surface area contributed by atoms with Crippen LogP contribution in [0.15, 0.2) is 60.8 Å². The van der Waals surface area contributed by atoms with Crippen molar-refractivity contribution in [3.05, 3.63) is 83.0 Å². The van der Waals surface area contributed by atoms with Crippen molar-refractivity contribution in [3.8, 4) is 0 Å². The standard InChI is InChI=1S/C25H26N4O3/c1-17-3-7-21(15-18(17)2)27-24(30)20-6-10-23(26-16-20)29-13-11-28(12-14-29)22-8-4-19(5-9-22)25(31)32/h3-10,15-16H,11-14H2,1-2H3,(H,27,30)(H,31,32). The van der Waals surface area contributed by atoms with Crippen molar-refractivity contribution in [2.24, 2.45) is 0 Å². The van der Waals surface area contributed by atoms with Gasteiger partial charge in [0.05, 0.1) is 11.1 Å². The van der Waals surface area contributed by atoms with Gasteiger partial charge in [-0.3, -0.25) is 4.79 Å². The van der Waals surface area contributed by atoms with Gasteiger partial charge in [0.1, 0.15) is 5.82 Å². The molecule has 3 aromatic rings. The van der Waals surface area contributed by atoms with Crippen LogP contribution in [0, 0.1) is 13.8 Å². The van der Waals surface area contributed by atoms with Crippen molar-refractivity contribution in [3.63, 3.8) is 0 Å². The molecule has 1 aromatic heterocycles. The average molecular weight is 431 g/mol. The number of amides is 1. The molecule has 7 nitrogen and oxygen atoms in total. The number of carbonyl (C=O) groups is 2. The third-order valence-corrected chi connectivity index (χ3v) is 5.86. The smallest absolute Gasteiger partial charge is 0.335 e. The van der Waals surface area contributed by atoms with Crippen molar-refractivity contribution >= 4 is 29.1 Å². The zero-order valence-electron chi connectivity index (χ0n) is 18.2. The maximum absolute atomic E-state index is 12.6. The molecule has 0 radical (unpaired) electrons. The zero-order chi connectivity index (χ0) is 22.7. The molecule has 1 aliphatic heterocycles. The number of rotatable bonds is 5. The van der Waals surface area contributed by atoms with Gasteiger partial charge in [0, 0.05) is 43.8 Å². The summed E-state index contributed by atoms with van der Waals surface area (Å²) in [6.07, 6.45) is 1.61. The largest absolute Gasteiger partial charge is 0.478 e. The Hall–Kier alpha value is -3.87. The SMILES string of the molecule is Cc1ccc(NC(=O)c2ccc(N3CCN(c4ccc(C(=O)O)cc4)CC3)nc2)cc1C. The number of aromatic carboxylic acids is 1. The van der Waals surface area contributed by atoms with Crippen LogP contribution in [-0.2, 0) is 0 Å². The van der Waals surface area contributed by atoms with Crippen molar-refractivity contribution in [2.75, 3.05) is 41.3 Å². The summed E-state index contributed by atoms with van der Waals surface area (Å²) in [5, 5.41) is 12.0. The fraction of sp³-hybridized carbons (Fsp3) is 0.240. The van der Waals surface area contributed by atoms with Gasteiger partial charge in [-0.05, 0) is 73.5 Å². The van der Waals surface area contributed by atoms with Crippen molar-refractivity contribution in [2.45, 2.75) is 13.8 Å². The van der Waals surface area contributed by atoms with Gasteiger partial charge < -0.3 is 20.2 Å². The van der Waals surface area contributed by atoms with Crippen LogP contribution in [0.5, 0.6) is 0 Å². The van der Waals surface area contributed by atoms with Gasteiger partial charge in [0.15, 0.2) is 0 Å². The Bertz CT molecular complexity index is 1120. The third-order valence-electron chi connectivity index (χ3n) is 5.86. The molecule has 0 aliphatic carbocycles. The third kappa shape index (κ3) is 4.72. The summed E-state index contributed by atoms with van der Waals surface area (Å²) in [6.45, 7) is 7.26. The van der Waals surface area contributed by atoms with E-state index in [0.29, 0.717) is 11.1 Å². The van der Waals surface area contributed by atoms with Crippen LogP contribution in [0.1, 0.15) is 31.8 Å².